The van der Waals surface area contributed by atoms with Gasteiger partial charge >= 0.3 is 0 Å². The number of hydrogen-bond donors (Lipinski definition) is 2. The molecule has 0 bridgehead atoms. The Morgan fingerprint density at radius 3 is 2.54 bits per heavy atom. The molecule has 1 amide bonds. The lowest BCUT2D eigenvalue weighted by molar-refractivity contribution is -0.118. The van der Waals surface area contributed by atoms with Crippen LogP contribution in [0.15, 0.2) is 78.9 Å². The van der Waals surface area contributed by atoms with Crippen LogP contribution in [0, 0.1) is 0 Å². The summed E-state index contributed by atoms with van der Waals surface area (Å²) < 4.78 is 5.59. The molecule has 0 saturated heterocycles. The number of rotatable bonds is 5. The van der Waals surface area contributed by atoms with E-state index in [4.69, 9.17) is 4.74 Å². The number of anilines is 1. The molecule has 0 atom stereocenters. The number of carbonyl (C=O) groups excluding carboxylic acids is 1. The lowest BCUT2D eigenvalue weighted by atomic mass is 10.1. The van der Waals surface area contributed by atoms with Gasteiger partial charge in [0.25, 0.3) is 5.91 Å². The summed E-state index contributed by atoms with van der Waals surface area (Å²) in [6, 6.07) is 25.4. The van der Waals surface area contributed by atoms with E-state index in [0.717, 1.165) is 22.0 Å². The standard InChI is InChI=1S/C21H17N3O2/c25-21(14-26-18-11-10-15-6-4-5-9-17(15)12-18)22-20-13-19(23-24-20)16-7-2-1-3-8-16/h1-13H,14H2,(H2,22,23,24,25). The molecule has 4 rings (SSSR count). The zero-order valence-electron chi connectivity index (χ0n) is 14.0. The smallest absolute Gasteiger partial charge is 0.263 e. The summed E-state index contributed by atoms with van der Waals surface area (Å²) in [5.41, 5.74) is 1.85. The molecule has 5 nitrogen and oxygen atoms in total. The van der Waals surface area contributed by atoms with E-state index in [2.05, 4.69) is 15.5 Å². The van der Waals surface area contributed by atoms with E-state index in [-0.39, 0.29) is 12.5 Å². The Kier molecular flexibility index (Phi) is 4.35. The summed E-state index contributed by atoms with van der Waals surface area (Å²) >= 11 is 0. The predicted molar refractivity (Wildman–Crippen MR) is 102 cm³/mol. The minimum atomic E-state index is -0.260. The Balaban J connectivity index is 1.37. The highest BCUT2D eigenvalue weighted by molar-refractivity contribution is 5.91. The van der Waals surface area contributed by atoms with E-state index < -0.39 is 0 Å². The molecule has 3 aromatic carbocycles. The number of hydrogen-bond acceptors (Lipinski definition) is 3. The molecule has 0 spiro atoms. The van der Waals surface area contributed by atoms with E-state index in [9.17, 15) is 4.79 Å². The Hall–Kier alpha value is -3.60. The normalized spacial score (nSPS) is 10.6. The van der Waals surface area contributed by atoms with Crippen LogP contribution in [-0.2, 0) is 4.79 Å². The highest BCUT2D eigenvalue weighted by Crippen LogP contribution is 2.21. The molecule has 0 radical (unpaired) electrons. The Bertz CT molecular complexity index is 1040. The molecule has 1 heterocycles. The fourth-order valence-corrected chi connectivity index (χ4v) is 2.74. The molecule has 26 heavy (non-hydrogen) atoms. The predicted octanol–water partition coefficient (Wildman–Crippen LogP) is 4.25. The van der Waals surface area contributed by atoms with Crippen LogP contribution in [0.5, 0.6) is 5.75 Å². The highest BCUT2D eigenvalue weighted by atomic mass is 16.5. The monoisotopic (exact) mass is 343 g/mol. The topological polar surface area (TPSA) is 67.0 Å². The van der Waals surface area contributed by atoms with Crippen molar-refractivity contribution in [1.82, 2.24) is 10.2 Å². The summed E-state index contributed by atoms with van der Waals surface area (Å²) in [5.74, 6) is 0.867. The van der Waals surface area contributed by atoms with Gasteiger partial charge in [0.15, 0.2) is 12.4 Å². The zero-order chi connectivity index (χ0) is 17.8. The summed E-state index contributed by atoms with van der Waals surface area (Å²) in [4.78, 5) is 12.1. The molecule has 0 aliphatic rings. The van der Waals surface area contributed by atoms with E-state index in [1.807, 2.05) is 72.8 Å². The third kappa shape index (κ3) is 3.57. The number of amides is 1. The van der Waals surface area contributed by atoms with Crippen molar-refractivity contribution in [2.75, 3.05) is 11.9 Å². The van der Waals surface area contributed by atoms with Crippen LogP contribution in [0.1, 0.15) is 0 Å². The number of aromatic amines is 1. The molecule has 128 valence electrons. The van der Waals surface area contributed by atoms with Gasteiger partial charge < -0.3 is 10.1 Å². The van der Waals surface area contributed by atoms with Gasteiger partial charge in [-0.05, 0) is 28.5 Å². The molecule has 0 unspecified atom stereocenters. The van der Waals surface area contributed by atoms with Gasteiger partial charge in [0.2, 0.25) is 0 Å². The summed E-state index contributed by atoms with van der Waals surface area (Å²) in [6.07, 6.45) is 0. The number of ether oxygens (including phenoxy) is 1. The minimum absolute atomic E-state index is 0.0775. The second-order valence-electron chi connectivity index (χ2n) is 5.88. The molecule has 4 aromatic rings. The van der Waals surface area contributed by atoms with Crippen LogP contribution >= 0.6 is 0 Å². The Morgan fingerprint density at radius 1 is 0.923 bits per heavy atom. The van der Waals surface area contributed by atoms with E-state index in [1.54, 1.807) is 6.07 Å². The number of benzene rings is 3. The molecular formula is C21H17N3O2. The van der Waals surface area contributed by atoms with Gasteiger partial charge in [-0.1, -0.05) is 60.7 Å². The van der Waals surface area contributed by atoms with Gasteiger partial charge in [-0.25, -0.2) is 0 Å². The van der Waals surface area contributed by atoms with Crippen molar-refractivity contribution in [1.29, 1.82) is 0 Å². The first-order valence-electron chi connectivity index (χ1n) is 8.30. The van der Waals surface area contributed by atoms with Gasteiger partial charge in [0, 0.05) is 6.07 Å². The van der Waals surface area contributed by atoms with Crippen LogP contribution in [-0.4, -0.2) is 22.7 Å². The van der Waals surface area contributed by atoms with Gasteiger partial charge in [-0.3, -0.25) is 9.89 Å². The highest BCUT2D eigenvalue weighted by Gasteiger charge is 2.08. The van der Waals surface area contributed by atoms with Crippen LogP contribution in [0.3, 0.4) is 0 Å². The fraction of sp³-hybridized carbons (Fsp3) is 0.0476. The third-order valence-electron chi connectivity index (χ3n) is 4.02. The second-order valence-corrected chi connectivity index (χ2v) is 5.88. The molecule has 1 aromatic heterocycles. The number of aromatic nitrogens is 2. The first kappa shape index (κ1) is 15.9. The van der Waals surface area contributed by atoms with E-state index in [0.29, 0.717) is 11.6 Å². The van der Waals surface area contributed by atoms with Crippen molar-refractivity contribution in [3.8, 4) is 17.0 Å². The maximum absolute atomic E-state index is 12.1. The lowest BCUT2D eigenvalue weighted by Crippen LogP contribution is -2.20. The van der Waals surface area contributed by atoms with Crippen LogP contribution in [0.4, 0.5) is 5.82 Å². The quantitative estimate of drug-likeness (QED) is 0.569. The average molecular weight is 343 g/mol. The first-order chi connectivity index (χ1) is 12.8. The number of carbonyl (C=O) groups is 1. The van der Waals surface area contributed by atoms with Gasteiger partial charge in [-0.15, -0.1) is 0 Å². The number of nitrogens with one attached hydrogen (secondary N) is 2. The van der Waals surface area contributed by atoms with Gasteiger partial charge in [-0.2, -0.15) is 5.10 Å². The van der Waals surface area contributed by atoms with Crippen molar-refractivity contribution in [2.24, 2.45) is 0 Å². The SMILES string of the molecule is O=C(COc1ccc2ccccc2c1)Nc1cc(-c2ccccc2)[nH]n1. The summed E-state index contributed by atoms with van der Waals surface area (Å²) in [6.45, 7) is -0.0775. The molecular weight excluding hydrogens is 326 g/mol. The van der Waals surface area contributed by atoms with Crippen LogP contribution in [0.25, 0.3) is 22.0 Å². The fourth-order valence-electron chi connectivity index (χ4n) is 2.74. The van der Waals surface area contributed by atoms with Crippen molar-refractivity contribution < 1.29 is 9.53 Å². The molecule has 5 heteroatoms. The van der Waals surface area contributed by atoms with Crippen molar-refractivity contribution in [2.45, 2.75) is 0 Å². The molecule has 0 aliphatic carbocycles. The van der Waals surface area contributed by atoms with Crippen LogP contribution in [0.2, 0.25) is 0 Å². The maximum Gasteiger partial charge on any atom is 0.263 e. The maximum atomic E-state index is 12.1. The van der Waals surface area contributed by atoms with Gasteiger partial charge in [0.05, 0.1) is 5.69 Å². The third-order valence-corrected chi connectivity index (χ3v) is 4.02. The van der Waals surface area contributed by atoms with E-state index >= 15 is 0 Å². The summed E-state index contributed by atoms with van der Waals surface area (Å²) in [5, 5.41) is 12.0. The first-order valence-corrected chi connectivity index (χ1v) is 8.30. The molecule has 0 saturated carbocycles. The van der Waals surface area contributed by atoms with Crippen molar-refractivity contribution in [3.63, 3.8) is 0 Å². The van der Waals surface area contributed by atoms with Crippen LogP contribution < -0.4 is 10.1 Å². The molecule has 0 fully saturated rings. The number of nitrogens with zero attached hydrogens (tertiary/aromatic N) is 1. The second kappa shape index (κ2) is 7.11. The lowest BCUT2D eigenvalue weighted by Gasteiger charge is -2.07. The average Bonchev–Trinajstić information content (AvgIpc) is 3.15. The van der Waals surface area contributed by atoms with Gasteiger partial charge in [0.1, 0.15) is 5.75 Å². The Labute approximate surface area is 150 Å². The minimum Gasteiger partial charge on any atom is -0.484 e. The number of fused-ring (bicyclic) bond motifs is 1. The van der Waals surface area contributed by atoms with Crippen molar-refractivity contribution in [3.05, 3.63) is 78.9 Å². The van der Waals surface area contributed by atoms with Crippen molar-refractivity contribution >= 4 is 22.5 Å². The Morgan fingerprint density at radius 2 is 1.69 bits per heavy atom. The largest absolute Gasteiger partial charge is 0.484 e. The molecule has 2 N–H and O–H groups in total. The summed E-state index contributed by atoms with van der Waals surface area (Å²) in [7, 11) is 0. The van der Waals surface area contributed by atoms with E-state index in [1.165, 1.54) is 0 Å². The number of H-pyrrole nitrogens is 1. The zero-order valence-corrected chi connectivity index (χ0v) is 14.0. The molecule has 0 aliphatic heterocycles.